The average molecular weight is 388 g/mol. The first-order valence-corrected chi connectivity index (χ1v) is 9.49. The summed E-state index contributed by atoms with van der Waals surface area (Å²) in [5.74, 6) is -0.233. The molecule has 0 aliphatic heterocycles. The van der Waals surface area contributed by atoms with Gasteiger partial charge in [0.25, 0.3) is 0 Å². The molecule has 0 radical (unpaired) electrons. The molecular formula is C23H24N4O2. The van der Waals surface area contributed by atoms with Crippen LogP contribution in [0.4, 0.5) is 0 Å². The van der Waals surface area contributed by atoms with Gasteiger partial charge in [-0.3, -0.25) is 9.59 Å². The molecule has 0 bridgehead atoms. The van der Waals surface area contributed by atoms with E-state index < -0.39 is 5.41 Å². The van der Waals surface area contributed by atoms with Crippen molar-refractivity contribution in [2.75, 3.05) is 0 Å². The molecule has 0 aliphatic rings. The number of hydrogen-bond donors (Lipinski definition) is 1. The highest BCUT2D eigenvalue weighted by Crippen LogP contribution is 2.24. The highest BCUT2D eigenvalue weighted by Gasteiger charge is 2.20. The van der Waals surface area contributed by atoms with Gasteiger partial charge in [0.05, 0.1) is 34.9 Å². The fourth-order valence-electron chi connectivity index (χ4n) is 3.31. The Balaban J connectivity index is 1.74. The Labute approximate surface area is 170 Å². The fraction of sp³-hybridized carbons (Fsp3) is 0.304. The maximum Gasteiger partial charge on any atom is 0.240 e. The Morgan fingerprint density at radius 2 is 1.90 bits per heavy atom. The van der Waals surface area contributed by atoms with Gasteiger partial charge in [-0.1, -0.05) is 30.3 Å². The monoisotopic (exact) mass is 388 g/mol. The van der Waals surface area contributed by atoms with Crippen molar-refractivity contribution >= 4 is 22.7 Å². The third-order valence-electron chi connectivity index (χ3n) is 5.12. The van der Waals surface area contributed by atoms with E-state index in [4.69, 9.17) is 0 Å². The van der Waals surface area contributed by atoms with Crippen molar-refractivity contribution in [3.05, 3.63) is 65.5 Å². The number of rotatable bonds is 6. The SMILES string of the molecule is CC(=O)c1cccc2ncn(CC(=O)NC(C)c3ccc(C(C)(C)C#N)cc3)c12. The van der Waals surface area contributed by atoms with E-state index in [2.05, 4.69) is 16.4 Å². The summed E-state index contributed by atoms with van der Waals surface area (Å²) < 4.78 is 1.70. The summed E-state index contributed by atoms with van der Waals surface area (Å²) in [5.41, 5.74) is 3.25. The number of fused-ring (bicyclic) bond motifs is 1. The number of aromatic nitrogens is 2. The topological polar surface area (TPSA) is 87.8 Å². The van der Waals surface area contributed by atoms with Crippen LogP contribution in [-0.4, -0.2) is 21.2 Å². The minimum absolute atomic E-state index is 0.0634. The molecule has 1 unspecified atom stereocenters. The van der Waals surface area contributed by atoms with Crippen LogP contribution >= 0.6 is 0 Å². The Hall–Kier alpha value is -3.46. The molecule has 148 valence electrons. The first-order valence-electron chi connectivity index (χ1n) is 9.49. The van der Waals surface area contributed by atoms with Crippen molar-refractivity contribution in [1.82, 2.24) is 14.9 Å². The van der Waals surface area contributed by atoms with E-state index in [1.54, 1.807) is 23.0 Å². The highest BCUT2D eigenvalue weighted by molar-refractivity contribution is 6.05. The molecule has 0 spiro atoms. The van der Waals surface area contributed by atoms with Crippen molar-refractivity contribution < 1.29 is 9.59 Å². The lowest BCUT2D eigenvalue weighted by atomic mass is 9.85. The van der Waals surface area contributed by atoms with Crippen LogP contribution in [0.1, 0.15) is 55.2 Å². The number of benzene rings is 2. The minimum Gasteiger partial charge on any atom is -0.348 e. The quantitative estimate of drug-likeness (QED) is 0.648. The molecule has 6 nitrogen and oxygen atoms in total. The molecule has 1 heterocycles. The van der Waals surface area contributed by atoms with Crippen LogP contribution in [0.25, 0.3) is 11.0 Å². The number of imidazole rings is 1. The molecule has 0 saturated heterocycles. The predicted octanol–water partition coefficient (Wildman–Crippen LogP) is 3.92. The molecular weight excluding hydrogens is 364 g/mol. The normalized spacial score (nSPS) is 12.4. The summed E-state index contributed by atoms with van der Waals surface area (Å²) >= 11 is 0. The summed E-state index contributed by atoms with van der Waals surface area (Å²) in [5, 5.41) is 12.2. The van der Waals surface area contributed by atoms with Crippen molar-refractivity contribution in [3.63, 3.8) is 0 Å². The summed E-state index contributed by atoms with van der Waals surface area (Å²) in [6.45, 7) is 7.24. The number of para-hydroxylation sites is 1. The zero-order chi connectivity index (χ0) is 21.2. The Kier molecular flexibility index (Phi) is 5.51. The number of nitrogens with zero attached hydrogens (tertiary/aromatic N) is 3. The average Bonchev–Trinajstić information content (AvgIpc) is 3.10. The van der Waals surface area contributed by atoms with Gasteiger partial charge in [0.1, 0.15) is 6.54 Å². The largest absolute Gasteiger partial charge is 0.348 e. The number of ketones is 1. The van der Waals surface area contributed by atoms with Crippen molar-refractivity contribution in [1.29, 1.82) is 5.26 Å². The Bertz CT molecular complexity index is 1100. The zero-order valence-corrected chi connectivity index (χ0v) is 17.1. The van der Waals surface area contributed by atoms with Crippen LogP contribution in [0.3, 0.4) is 0 Å². The van der Waals surface area contributed by atoms with Gasteiger partial charge in [-0.15, -0.1) is 0 Å². The highest BCUT2D eigenvalue weighted by atomic mass is 16.2. The van der Waals surface area contributed by atoms with Gasteiger partial charge in [-0.25, -0.2) is 4.98 Å². The van der Waals surface area contributed by atoms with Crippen molar-refractivity contribution in [3.8, 4) is 6.07 Å². The van der Waals surface area contributed by atoms with Crippen LogP contribution in [0.2, 0.25) is 0 Å². The van der Waals surface area contributed by atoms with Gasteiger partial charge >= 0.3 is 0 Å². The van der Waals surface area contributed by atoms with E-state index in [0.717, 1.165) is 11.1 Å². The van der Waals surface area contributed by atoms with E-state index in [1.165, 1.54) is 6.92 Å². The van der Waals surface area contributed by atoms with Crippen LogP contribution in [-0.2, 0) is 16.8 Å². The molecule has 0 saturated carbocycles. The Morgan fingerprint density at radius 3 is 2.52 bits per heavy atom. The lowest BCUT2D eigenvalue weighted by Gasteiger charge is -2.19. The molecule has 6 heteroatoms. The third kappa shape index (κ3) is 4.19. The number of amides is 1. The summed E-state index contributed by atoms with van der Waals surface area (Å²) in [6, 6.07) is 15.2. The molecule has 1 atom stereocenters. The van der Waals surface area contributed by atoms with Gasteiger partial charge in [0, 0.05) is 5.56 Å². The maximum atomic E-state index is 12.6. The van der Waals surface area contributed by atoms with Crippen LogP contribution in [0, 0.1) is 11.3 Å². The molecule has 1 aromatic heterocycles. The Morgan fingerprint density at radius 1 is 1.21 bits per heavy atom. The van der Waals surface area contributed by atoms with Gasteiger partial charge in [-0.05, 0) is 51.0 Å². The molecule has 0 fully saturated rings. The molecule has 1 amide bonds. The zero-order valence-electron chi connectivity index (χ0n) is 17.1. The predicted molar refractivity (Wildman–Crippen MR) is 111 cm³/mol. The second-order valence-electron chi connectivity index (χ2n) is 7.75. The van der Waals surface area contributed by atoms with Gasteiger partial charge < -0.3 is 9.88 Å². The van der Waals surface area contributed by atoms with E-state index in [1.807, 2.05) is 51.1 Å². The van der Waals surface area contributed by atoms with Crippen LogP contribution in [0.5, 0.6) is 0 Å². The molecule has 29 heavy (non-hydrogen) atoms. The van der Waals surface area contributed by atoms with Crippen molar-refractivity contribution in [2.45, 2.75) is 45.7 Å². The first-order chi connectivity index (χ1) is 13.7. The molecule has 1 N–H and O–H groups in total. The van der Waals surface area contributed by atoms with E-state index in [0.29, 0.717) is 16.6 Å². The fourth-order valence-corrected chi connectivity index (χ4v) is 3.31. The summed E-state index contributed by atoms with van der Waals surface area (Å²) in [4.78, 5) is 28.8. The summed E-state index contributed by atoms with van der Waals surface area (Å²) in [7, 11) is 0. The maximum absolute atomic E-state index is 12.6. The second kappa shape index (κ2) is 7.88. The number of nitrogens with one attached hydrogen (secondary N) is 1. The van der Waals surface area contributed by atoms with E-state index >= 15 is 0 Å². The lowest BCUT2D eigenvalue weighted by Crippen LogP contribution is -2.30. The minimum atomic E-state index is -0.554. The van der Waals surface area contributed by atoms with E-state index in [-0.39, 0.29) is 24.3 Å². The summed E-state index contributed by atoms with van der Waals surface area (Å²) in [6.07, 6.45) is 1.58. The molecule has 3 rings (SSSR count). The van der Waals surface area contributed by atoms with Gasteiger partial charge in [0.15, 0.2) is 5.78 Å². The standard InChI is InChI=1S/C23H24N4O2/c1-15(17-8-10-18(11-9-17)23(3,4)13-24)26-21(29)12-27-14-25-20-7-5-6-19(16(2)28)22(20)27/h5-11,14-15H,12H2,1-4H3,(H,26,29). The lowest BCUT2D eigenvalue weighted by molar-refractivity contribution is -0.122. The first kappa shape index (κ1) is 20.3. The second-order valence-corrected chi connectivity index (χ2v) is 7.75. The number of nitriles is 1. The van der Waals surface area contributed by atoms with Crippen LogP contribution in [0.15, 0.2) is 48.8 Å². The van der Waals surface area contributed by atoms with E-state index in [9.17, 15) is 14.9 Å². The van der Waals surface area contributed by atoms with Gasteiger partial charge in [-0.2, -0.15) is 5.26 Å². The number of carbonyl (C=O) groups excluding carboxylic acids is 2. The number of Topliss-reactive ketones (excluding diaryl/α,β-unsaturated/α-hetero) is 1. The smallest absolute Gasteiger partial charge is 0.240 e. The molecule has 0 aliphatic carbocycles. The molecule has 2 aromatic carbocycles. The number of hydrogen-bond acceptors (Lipinski definition) is 4. The molecule has 3 aromatic rings. The van der Waals surface area contributed by atoms with Gasteiger partial charge in [0.2, 0.25) is 5.91 Å². The number of carbonyl (C=O) groups is 2. The third-order valence-corrected chi connectivity index (χ3v) is 5.12. The van der Waals surface area contributed by atoms with Crippen LogP contribution < -0.4 is 5.32 Å². The van der Waals surface area contributed by atoms with Crippen molar-refractivity contribution in [2.24, 2.45) is 0 Å².